The van der Waals surface area contributed by atoms with Crippen molar-refractivity contribution in [1.82, 2.24) is 0 Å². The van der Waals surface area contributed by atoms with Crippen molar-refractivity contribution in [2.45, 2.75) is 0 Å². The molecule has 36 valence electrons. The quantitative estimate of drug-likeness (QED) is 0.461. The van der Waals surface area contributed by atoms with Gasteiger partial charge in [0, 0.05) is 0 Å². The summed E-state index contributed by atoms with van der Waals surface area (Å²) in [7, 11) is -0.417. The molecule has 0 aliphatic heterocycles. The van der Waals surface area contributed by atoms with Gasteiger partial charge in [0.25, 0.3) is 0 Å². The summed E-state index contributed by atoms with van der Waals surface area (Å²) in [5, 5.41) is 0. The first kappa shape index (κ1) is 5.87. The van der Waals surface area contributed by atoms with Crippen LogP contribution < -0.4 is 0 Å². The van der Waals surface area contributed by atoms with Gasteiger partial charge in [-0.15, -0.1) is 0 Å². The number of rotatable bonds is 1. The molecule has 2 radical (unpaired) electrons. The van der Waals surface area contributed by atoms with Gasteiger partial charge in [-0.3, -0.25) is 4.55 Å². The Morgan fingerprint density at radius 1 is 1.67 bits per heavy atom. The largest absolute Gasteiger partial charge is 0.397 e. The van der Waals surface area contributed by atoms with E-state index in [1.54, 1.807) is 0 Å². The van der Waals surface area contributed by atoms with Crippen LogP contribution >= 0.6 is 0 Å². The van der Waals surface area contributed by atoms with Crippen molar-refractivity contribution in [2.75, 3.05) is 0 Å². The molecule has 0 amide bonds. The second kappa shape index (κ2) is 1.55. The minimum absolute atomic E-state index is 2.97. The minimum Gasteiger partial charge on any atom is -0.264 e. The van der Waals surface area contributed by atoms with Gasteiger partial charge in [0.2, 0.25) is 0 Å². The highest BCUT2D eigenvalue weighted by molar-refractivity contribution is 7.80. The van der Waals surface area contributed by atoms with Crippen LogP contribution in [-0.2, 0) is 14.6 Å². The van der Waals surface area contributed by atoms with Crippen molar-refractivity contribution in [3.63, 3.8) is 0 Å². The maximum Gasteiger partial charge on any atom is 0.397 e. The summed E-state index contributed by atoms with van der Waals surface area (Å²) in [6.07, 6.45) is 0. The van der Waals surface area contributed by atoms with E-state index in [-0.39, 0.29) is 0 Å². The van der Waals surface area contributed by atoms with Crippen LogP contribution in [0, 0.1) is 7.11 Å². The second-order valence-corrected chi connectivity index (χ2v) is 1.57. The van der Waals surface area contributed by atoms with Gasteiger partial charge >= 0.3 is 10.4 Å². The highest BCUT2D eigenvalue weighted by Crippen LogP contribution is 1.77. The normalized spacial score (nSPS) is 11.7. The minimum atomic E-state index is -4.38. The zero-order valence-electron chi connectivity index (χ0n) is 2.66. The molecule has 1 N–H and O–H groups in total. The molecule has 0 aliphatic carbocycles. The van der Waals surface area contributed by atoms with Crippen molar-refractivity contribution in [2.24, 2.45) is 0 Å². The van der Waals surface area contributed by atoms with Crippen molar-refractivity contribution in [1.29, 1.82) is 0 Å². The van der Waals surface area contributed by atoms with Gasteiger partial charge < -0.3 is 0 Å². The van der Waals surface area contributed by atoms with Gasteiger partial charge in [-0.25, -0.2) is 4.18 Å². The van der Waals surface area contributed by atoms with E-state index in [1.165, 1.54) is 0 Å². The van der Waals surface area contributed by atoms with E-state index in [9.17, 15) is 8.42 Å². The standard InChI is InChI=1S/CH2O4S/c1-5-6(2,3)4/h1H,(H,2,3,4). The Bertz CT molecular complexity index is 110. The smallest absolute Gasteiger partial charge is 0.264 e. The first-order chi connectivity index (χ1) is 2.56. The van der Waals surface area contributed by atoms with Gasteiger partial charge in [-0.2, -0.15) is 8.42 Å². The summed E-state index contributed by atoms with van der Waals surface area (Å²) in [4.78, 5) is 0. The molecule has 4 nitrogen and oxygen atoms in total. The van der Waals surface area contributed by atoms with Crippen LogP contribution in [0.4, 0.5) is 0 Å². The van der Waals surface area contributed by atoms with Crippen LogP contribution in [0.1, 0.15) is 0 Å². The summed E-state index contributed by atoms with van der Waals surface area (Å²) in [5.41, 5.74) is 0. The molecule has 0 unspecified atom stereocenters. The highest BCUT2D eigenvalue weighted by Gasteiger charge is 1.94. The third-order valence-corrected chi connectivity index (χ3v) is 0.365. The Labute approximate surface area is 35.7 Å². The van der Waals surface area contributed by atoms with Crippen LogP contribution in [0.3, 0.4) is 0 Å². The number of hydrogen-bond acceptors (Lipinski definition) is 3. The molecule has 0 aromatic carbocycles. The third-order valence-electron chi connectivity index (χ3n) is 0.122. The van der Waals surface area contributed by atoms with E-state index in [0.29, 0.717) is 0 Å². The van der Waals surface area contributed by atoms with E-state index in [0.717, 1.165) is 0 Å². The lowest BCUT2D eigenvalue weighted by atomic mass is 11.8. The zero-order chi connectivity index (χ0) is 5.21. The Kier molecular flexibility index (Phi) is 1.51. The Balaban J connectivity index is 3.85. The second-order valence-electron chi connectivity index (χ2n) is 0.524. The van der Waals surface area contributed by atoms with Crippen LogP contribution in [0.15, 0.2) is 0 Å². The van der Waals surface area contributed by atoms with Crippen LogP contribution in [0.25, 0.3) is 0 Å². The van der Waals surface area contributed by atoms with E-state index in [1.807, 2.05) is 0 Å². The molecule has 0 aromatic rings. The third kappa shape index (κ3) is 3.87. The lowest BCUT2D eigenvalue weighted by Crippen LogP contribution is -1.95. The van der Waals surface area contributed by atoms with E-state index in [4.69, 9.17) is 4.55 Å². The molecule has 0 saturated heterocycles. The van der Waals surface area contributed by atoms with E-state index in [2.05, 4.69) is 11.3 Å². The van der Waals surface area contributed by atoms with Crippen molar-refractivity contribution < 1.29 is 17.2 Å². The Hall–Kier alpha value is -0.130. The highest BCUT2D eigenvalue weighted by atomic mass is 32.3. The van der Waals surface area contributed by atoms with Gasteiger partial charge in [0.1, 0.15) is 7.11 Å². The van der Waals surface area contributed by atoms with Gasteiger partial charge in [0.15, 0.2) is 0 Å². The van der Waals surface area contributed by atoms with Crippen molar-refractivity contribution in [3.05, 3.63) is 7.11 Å². The summed E-state index contributed by atoms with van der Waals surface area (Å²) in [6, 6.07) is 0. The maximum atomic E-state index is 9.21. The first-order valence-electron chi connectivity index (χ1n) is 0.918. The molecule has 0 bridgehead atoms. The summed E-state index contributed by atoms with van der Waals surface area (Å²) in [5.74, 6) is 0. The number of hydrogen-bond donors (Lipinski definition) is 1. The molecule has 5 heteroatoms. The lowest BCUT2D eigenvalue weighted by Gasteiger charge is -1.81. The Morgan fingerprint density at radius 2 is 1.83 bits per heavy atom. The molecule has 0 aliphatic rings. The SMILES string of the molecule is [CH]OS(=O)(=O)O. The van der Waals surface area contributed by atoms with E-state index < -0.39 is 10.4 Å². The van der Waals surface area contributed by atoms with Crippen LogP contribution in [0.5, 0.6) is 0 Å². The van der Waals surface area contributed by atoms with E-state index >= 15 is 0 Å². The lowest BCUT2D eigenvalue weighted by molar-refractivity contribution is 0.352. The van der Waals surface area contributed by atoms with Gasteiger partial charge in [0.05, 0.1) is 0 Å². The summed E-state index contributed by atoms with van der Waals surface area (Å²) >= 11 is 0. The maximum absolute atomic E-state index is 9.21. The van der Waals surface area contributed by atoms with Crippen molar-refractivity contribution >= 4 is 10.4 Å². The van der Waals surface area contributed by atoms with Crippen molar-refractivity contribution in [3.8, 4) is 0 Å². The zero-order valence-corrected chi connectivity index (χ0v) is 3.47. The van der Waals surface area contributed by atoms with Crippen LogP contribution in [0.2, 0.25) is 0 Å². The Morgan fingerprint density at radius 3 is 1.83 bits per heavy atom. The predicted molar refractivity (Wildman–Crippen MR) is 16.9 cm³/mol. The average molecular weight is 110 g/mol. The fraction of sp³-hybridized carbons (Fsp3) is 0. The molecule has 0 atom stereocenters. The molecule has 0 saturated carbocycles. The van der Waals surface area contributed by atoms with Gasteiger partial charge in [-0.05, 0) is 0 Å². The fourth-order valence-electron chi connectivity index (χ4n) is 0. The molecule has 0 rings (SSSR count). The predicted octanol–water partition coefficient (Wildman–Crippen LogP) is -0.526. The summed E-state index contributed by atoms with van der Waals surface area (Å²) in [6.45, 7) is 0. The monoisotopic (exact) mass is 110 g/mol. The molecule has 0 aromatic heterocycles. The van der Waals surface area contributed by atoms with Crippen LogP contribution in [-0.4, -0.2) is 13.0 Å². The summed E-state index contributed by atoms with van der Waals surface area (Å²) < 4.78 is 28.8. The molecule has 6 heavy (non-hydrogen) atoms. The average Bonchev–Trinajstić information content (AvgIpc) is 1.35. The molecule has 0 heterocycles. The molecule has 0 fully saturated rings. The molecular weight excluding hydrogens is 108 g/mol. The topological polar surface area (TPSA) is 63.6 Å². The fourth-order valence-corrected chi connectivity index (χ4v) is 0. The first-order valence-corrected chi connectivity index (χ1v) is 2.28. The molecular formula is CH2O4S. The molecule has 0 spiro atoms. The van der Waals surface area contributed by atoms with Gasteiger partial charge in [-0.1, -0.05) is 0 Å².